The van der Waals surface area contributed by atoms with Crippen molar-refractivity contribution in [3.05, 3.63) is 46.4 Å². The molecule has 2 aromatic rings. The van der Waals surface area contributed by atoms with Crippen LogP contribution in [0, 0.1) is 5.82 Å². The number of hydrogen-bond donors (Lipinski definition) is 1. The number of nitrogens with zero attached hydrogens (tertiary/aromatic N) is 2. The Hall–Kier alpha value is -1.36. The van der Waals surface area contributed by atoms with Crippen molar-refractivity contribution in [3.63, 3.8) is 0 Å². The maximum atomic E-state index is 13.1. The largest absolute Gasteiger partial charge is 0.381 e. The first-order valence-corrected chi connectivity index (χ1v) is 6.68. The molecule has 1 aromatic heterocycles. The highest BCUT2D eigenvalue weighted by molar-refractivity contribution is 9.10. The van der Waals surface area contributed by atoms with E-state index in [-0.39, 0.29) is 5.82 Å². The normalized spacial score (nSPS) is 10.6. The van der Waals surface area contributed by atoms with Crippen LogP contribution in [0.3, 0.4) is 0 Å². The van der Waals surface area contributed by atoms with Crippen molar-refractivity contribution in [1.29, 1.82) is 0 Å². The summed E-state index contributed by atoms with van der Waals surface area (Å²) in [7, 11) is 0. The van der Waals surface area contributed by atoms with Crippen LogP contribution in [0.1, 0.15) is 18.9 Å². The highest BCUT2D eigenvalue weighted by Gasteiger charge is 2.01. The highest BCUT2D eigenvalue weighted by atomic mass is 79.9. The molecule has 0 bridgehead atoms. The number of anilines is 1. The predicted molar refractivity (Wildman–Crippen MR) is 73.9 cm³/mol. The Morgan fingerprint density at radius 2 is 2.28 bits per heavy atom. The van der Waals surface area contributed by atoms with E-state index in [2.05, 4.69) is 33.3 Å². The molecule has 96 valence electrons. The van der Waals surface area contributed by atoms with Crippen LogP contribution in [-0.4, -0.2) is 9.78 Å². The minimum Gasteiger partial charge on any atom is -0.381 e. The van der Waals surface area contributed by atoms with Gasteiger partial charge < -0.3 is 5.32 Å². The molecule has 0 saturated carbocycles. The molecule has 3 nitrogen and oxygen atoms in total. The zero-order valence-corrected chi connectivity index (χ0v) is 11.7. The molecular weight excluding hydrogens is 297 g/mol. The third-order valence-corrected chi connectivity index (χ3v) is 3.16. The fourth-order valence-corrected chi connectivity index (χ4v) is 2.04. The van der Waals surface area contributed by atoms with Gasteiger partial charge in [0.1, 0.15) is 5.82 Å². The van der Waals surface area contributed by atoms with Crippen LogP contribution >= 0.6 is 15.9 Å². The summed E-state index contributed by atoms with van der Waals surface area (Å²) >= 11 is 3.17. The van der Waals surface area contributed by atoms with Gasteiger partial charge >= 0.3 is 0 Å². The summed E-state index contributed by atoms with van der Waals surface area (Å²) < 4.78 is 15.5. The minimum atomic E-state index is -0.253. The van der Waals surface area contributed by atoms with Gasteiger partial charge in [-0.1, -0.05) is 6.92 Å². The number of nitrogens with one attached hydrogen (secondary N) is 1. The molecule has 0 aliphatic rings. The number of benzene rings is 1. The minimum absolute atomic E-state index is 0.253. The Morgan fingerprint density at radius 3 is 3.00 bits per heavy atom. The van der Waals surface area contributed by atoms with Crippen LogP contribution in [0.15, 0.2) is 35.1 Å². The number of aromatic nitrogens is 2. The summed E-state index contributed by atoms with van der Waals surface area (Å²) in [5.41, 5.74) is 2.00. The fraction of sp³-hybridized carbons (Fsp3) is 0.308. The Labute approximate surface area is 114 Å². The Bertz CT molecular complexity index is 525. The fourth-order valence-electron chi connectivity index (χ4n) is 1.66. The quantitative estimate of drug-likeness (QED) is 0.910. The number of halogens is 2. The monoisotopic (exact) mass is 311 g/mol. The maximum absolute atomic E-state index is 13.1. The molecule has 0 radical (unpaired) electrons. The van der Waals surface area contributed by atoms with Gasteiger partial charge in [0.15, 0.2) is 0 Å². The van der Waals surface area contributed by atoms with Gasteiger partial charge in [-0.15, -0.1) is 0 Å². The molecule has 0 aliphatic heterocycles. The topological polar surface area (TPSA) is 29.9 Å². The van der Waals surface area contributed by atoms with Gasteiger partial charge in [0.25, 0.3) is 0 Å². The van der Waals surface area contributed by atoms with Crippen LogP contribution in [0.5, 0.6) is 0 Å². The first-order chi connectivity index (χ1) is 8.69. The number of hydrogen-bond acceptors (Lipinski definition) is 2. The zero-order chi connectivity index (χ0) is 13.0. The van der Waals surface area contributed by atoms with Crippen LogP contribution in [0.2, 0.25) is 0 Å². The Kier molecular flexibility index (Phi) is 4.36. The Morgan fingerprint density at radius 1 is 1.44 bits per heavy atom. The molecule has 0 fully saturated rings. The second-order valence-corrected chi connectivity index (χ2v) is 4.95. The second kappa shape index (κ2) is 6.00. The van der Waals surface area contributed by atoms with E-state index < -0.39 is 0 Å². The van der Waals surface area contributed by atoms with E-state index in [9.17, 15) is 4.39 Å². The summed E-state index contributed by atoms with van der Waals surface area (Å²) in [4.78, 5) is 0. The van der Waals surface area contributed by atoms with Crippen molar-refractivity contribution in [2.75, 3.05) is 5.32 Å². The van der Waals surface area contributed by atoms with Gasteiger partial charge in [-0.25, -0.2) is 4.39 Å². The van der Waals surface area contributed by atoms with E-state index in [0.717, 1.165) is 24.2 Å². The molecule has 2 rings (SSSR count). The summed E-state index contributed by atoms with van der Waals surface area (Å²) in [6.45, 7) is 3.74. The van der Waals surface area contributed by atoms with E-state index in [1.807, 2.05) is 17.1 Å². The van der Waals surface area contributed by atoms with Crippen LogP contribution < -0.4 is 5.32 Å². The van der Waals surface area contributed by atoms with Crippen LogP contribution in [0.4, 0.5) is 10.1 Å². The van der Waals surface area contributed by atoms with Crippen molar-refractivity contribution < 1.29 is 4.39 Å². The molecule has 0 spiro atoms. The summed E-state index contributed by atoms with van der Waals surface area (Å²) in [6.07, 6.45) is 4.94. The Balaban J connectivity index is 1.95. The van der Waals surface area contributed by atoms with Gasteiger partial charge in [-0.3, -0.25) is 4.68 Å². The average molecular weight is 312 g/mol. The van der Waals surface area contributed by atoms with Crippen molar-refractivity contribution in [1.82, 2.24) is 9.78 Å². The third kappa shape index (κ3) is 3.32. The van der Waals surface area contributed by atoms with E-state index in [4.69, 9.17) is 0 Å². The lowest BCUT2D eigenvalue weighted by Gasteiger charge is -2.05. The second-order valence-electron chi connectivity index (χ2n) is 4.09. The first-order valence-electron chi connectivity index (χ1n) is 5.89. The molecule has 1 N–H and O–H groups in total. The molecule has 0 atom stereocenters. The first kappa shape index (κ1) is 13.1. The molecule has 0 saturated heterocycles. The van der Waals surface area contributed by atoms with E-state index >= 15 is 0 Å². The molecule has 0 unspecified atom stereocenters. The van der Waals surface area contributed by atoms with Gasteiger partial charge in [0.2, 0.25) is 0 Å². The smallest absolute Gasteiger partial charge is 0.137 e. The lowest BCUT2D eigenvalue weighted by molar-refractivity contribution is 0.602. The highest BCUT2D eigenvalue weighted by Crippen LogP contribution is 2.20. The molecule has 18 heavy (non-hydrogen) atoms. The molecule has 5 heteroatoms. The SMILES string of the molecule is CCCn1cc(CNc2ccc(F)c(Br)c2)cn1. The zero-order valence-electron chi connectivity index (χ0n) is 10.2. The number of aryl methyl sites for hydroxylation is 1. The van der Waals surface area contributed by atoms with Gasteiger partial charge in [-0.2, -0.15) is 5.10 Å². The summed E-state index contributed by atoms with van der Waals surface area (Å²) in [5, 5.41) is 7.49. The van der Waals surface area contributed by atoms with E-state index in [1.165, 1.54) is 6.07 Å². The van der Waals surface area contributed by atoms with Crippen molar-refractivity contribution >= 4 is 21.6 Å². The van der Waals surface area contributed by atoms with Crippen molar-refractivity contribution in [2.24, 2.45) is 0 Å². The van der Waals surface area contributed by atoms with E-state index in [0.29, 0.717) is 11.0 Å². The van der Waals surface area contributed by atoms with Gasteiger partial charge in [0, 0.05) is 30.5 Å². The predicted octanol–water partition coefficient (Wildman–Crippen LogP) is 3.81. The van der Waals surface area contributed by atoms with Crippen molar-refractivity contribution in [2.45, 2.75) is 26.4 Å². The van der Waals surface area contributed by atoms with Gasteiger partial charge in [0.05, 0.1) is 10.7 Å². The van der Waals surface area contributed by atoms with Crippen LogP contribution in [-0.2, 0) is 13.1 Å². The maximum Gasteiger partial charge on any atom is 0.137 e. The average Bonchev–Trinajstić information content (AvgIpc) is 2.79. The lowest BCUT2D eigenvalue weighted by atomic mass is 10.3. The van der Waals surface area contributed by atoms with Crippen LogP contribution in [0.25, 0.3) is 0 Å². The molecular formula is C13H15BrFN3. The van der Waals surface area contributed by atoms with Crippen molar-refractivity contribution in [3.8, 4) is 0 Å². The summed E-state index contributed by atoms with van der Waals surface area (Å²) in [6, 6.07) is 4.88. The number of rotatable bonds is 5. The molecule has 0 aliphatic carbocycles. The van der Waals surface area contributed by atoms with Gasteiger partial charge in [-0.05, 0) is 40.5 Å². The molecule has 1 aromatic carbocycles. The third-order valence-electron chi connectivity index (χ3n) is 2.56. The lowest BCUT2D eigenvalue weighted by Crippen LogP contribution is -1.99. The van der Waals surface area contributed by atoms with E-state index in [1.54, 1.807) is 12.1 Å². The molecule has 0 amide bonds. The standard InChI is InChI=1S/C13H15BrFN3/c1-2-5-18-9-10(8-17-18)7-16-11-3-4-13(15)12(14)6-11/h3-4,6,8-9,16H,2,5,7H2,1H3. The summed E-state index contributed by atoms with van der Waals surface area (Å²) in [5.74, 6) is -0.253. The molecule has 1 heterocycles.